The molecule has 46 heavy (non-hydrogen) atoms. The Bertz CT molecular complexity index is 1840. The molecule has 0 bridgehead atoms. The molecule has 3 aromatic heterocycles. The van der Waals surface area contributed by atoms with Crippen LogP contribution >= 0.6 is 0 Å². The summed E-state index contributed by atoms with van der Waals surface area (Å²) < 4.78 is 11.9. The van der Waals surface area contributed by atoms with Crippen molar-refractivity contribution in [3.63, 3.8) is 0 Å². The first-order valence-electron chi connectivity index (χ1n) is 13.9. The number of benzene rings is 1. The number of nitrogens with zero attached hydrogens (tertiary/aromatic N) is 5. The third kappa shape index (κ3) is 9.95. The molecule has 1 unspecified atom stereocenters. The predicted octanol–water partition coefficient (Wildman–Crippen LogP) is -3.29. The molecule has 1 atom stereocenters. The molecular weight excluding hydrogens is 609 g/mol. The van der Waals surface area contributed by atoms with E-state index in [1.54, 1.807) is 18.5 Å². The number of carboxylic acid groups (broad SMARTS) is 2. The fourth-order valence-electron chi connectivity index (χ4n) is 4.29. The number of hydrogen-bond acceptors (Lipinski definition) is 11. The number of aliphatic carboxylic acids is 2. The number of rotatable bonds is 13. The molecule has 0 aliphatic heterocycles. The monoisotopic (exact) mass is 641 g/mol. The molecule has 0 amide bonds. The van der Waals surface area contributed by atoms with Crippen molar-refractivity contribution < 1.29 is 63.6 Å². The fourth-order valence-corrected chi connectivity index (χ4v) is 4.29. The second-order valence-electron chi connectivity index (χ2n) is 11.0. The van der Waals surface area contributed by atoms with Crippen LogP contribution in [0.4, 0.5) is 0 Å². The molecule has 0 spiro atoms. The number of esters is 1. The van der Waals surface area contributed by atoms with E-state index >= 15 is 0 Å². The summed E-state index contributed by atoms with van der Waals surface area (Å²) in [6.45, 7) is 5.55. The van der Waals surface area contributed by atoms with E-state index in [2.05, 4.69) is 30.2 Å². The van der Waals surface area contributed by atoms with Gasteiger partial charge in [-0.3, -0.25) is 14.4 Å². The van der Waals surface area contributed by atoms with Gasteiger partial charge < -0.3 is 34.4 Å². The van der Waals surface area contributed by atoms with Gasteiger partial charge in [-0.05, 0) is 30.6 Å². The third-order valence-electron chi connectivity index (χ3n) is 6.48. The number of imidazole rings is 1. The van der Waals surface area contributed by atoms with Crippen LogP contribution in [-0.2, 0) is 31.0 Å². The Morgan fingerprint density at radius 3 is 2.57 bits per heavy atom. The van der Waals surface area contributed by atoms with Crippen LogP contribution in [0.25, 0.3) is 12.2 Å². The largest absolute Gasteiger partial charge is 1.00 e. The van der Waals surface area contributed by atoms with Crippen LogP contribution in [0.5, 0.6) is 5.88 Å². The number of hydrogen-bond donors (Lipinski definition) is 3. The van der Waals surface area contributed by atoms with Crippen molar-refractivity contribution in [3.05, 3.63) is 86.6 Å². The summed E-state index contributed by atoms with van der Waals surface area (Å²) in [6.07, 6.45) is 5.87. The van der Waals surface area contributed by atoms with E-state index in [9.17, 15) is 24.3 Å². The summed E-state index contributed by atoms with van der Waals surface area (Å²) in [5, 5.41) is 28.0. The Morgan fingerprint density at radius 2 is 1.89 bits per heavy atom. The third-order valence-corrected chi connectivity index (χ3v) is 6.48. The van der Waals surface area contributed by atoms with Gasteiger partial charge in [-0.1, -0.05) is 56.3 Å². The molecule has 1 aromatic carbocycles. The second kappa shape index (κ2) is 16.1. The summed E-state index contributed by atoms with van der Waals surface area (Å²) in [7, 11) is 0. The second-order valence-corrected chi connectivity index (χ2v) is 11.0. The molecule has 0 radical (unpaired) electrons. The van der Waals surface area contributed by atoms with Crippen LogP contribution in [0.1, 0.15) is 68.7 Å². The minimum absolute atomic E-state index is 0. The number of ether oxygens (including phenoxy) is 2. The minimum Gasteiger partial charge on any atom is -0.548 e. The SMILES string of the molecule is CC(C)(C)c1[nH]cnc1/C=c1\[nH]c(=O)/c(=C/c2ccccc2)nc1OCOC(=O)CCCc1cn(C(CC(=O)O)C(=O)[O-])nn1.[Na+]. The van der Waals surface area contributed by atoms with Crippen molar-refractivity contribution in [2.75, 3.05) is 6.79 Å². The van der Waals surface area contributed by atoms with Crippen molar-refractivity contribution in [3.8, 4) is 5.88 Å². The minimum atomic E-state index is -1.60. The molecule has 3 N–H and O–H groups in total. The number of aryl methyl sites for hydroxylation is 1. The predicted molar refractivity (Wildman–Crippen MR) is 156 cm³/mol. The zero-order valence-electron chi connectivity index (χ0n) is 25.9. The molecule has 236 valence electrons. The summed E-state index contributed by atoms with van der Waals surface area (Å²) in [6, 6.07) is 7.65. The van der Waals surface area contributed by atoms with E-state index in [1.165, 1.54) is 6.20 Å². The van der Waals surface area contributed by atoms with Crippen LogP contribution in [0, 0.1) is 0 Å². The van der Waals surface area contributed by atoms with Crippen molar-refractivity contribution in [2.24, 2.45) is 0 Å². The molecule has 0 saturated heterocycles. The first-order chi connectivity index (χ1) is 21.4. The first kappa shape index (κ1) is 35.9. The average Bonchev–Trinajstić information content (AvgIpc) is 3.64. The molecule has 0 aliphatic rings. The summed E-state index contributed by atoms with van der Waals surface area (Å²) in [5.41, 5.74) is 1.81. The van der Waals surface area contributed by atoms with Crippen LogP contribution in [0.2, 0.25) is 0 Å². The summed E-state index contributed by atoms with van der Waals surface area (Å²) in [4.78, 5) is 62.2. The fraction of sp³-hybridized carbons (Fsp3) is 0.333. The van der Waals surface area contributed by atoms with E-state index in [1.807, 2.05) is 51.1 Å². The average molecular weight is 642 g/mol. The van der Waals surface area contributed by atoms with Gasteiger partial charge >= 0.3 is 41.5 Å². The Kier molecular flexibility index (Phi) is 12.6. The Balaban J connectivity index is 0.00000576. The number of aromatic nitrogens is 7. The number of carboxylic acids is 2. The van der Waals surface area contributed by atoms with E-state index in [0.29, 0.717) is 11.4 Å². The molecule has 0 aliphatic carbocycles. The quantitative estimate of drug-likeness (QED) is 0.0744. The standard InChI is InChI=1S/C30H33N7O8.Na/c1-30(2,3)26-20(31-16-32-26)13-22-28(34-21(27(41)33-22)12-18-8-5-4-6-9-18)45-17-44-25(40)11-7-10-19-15-37(36-35-19)23(29(42)43)14-24(38)39;/h4-6,8-9,12-13,15-16,23H,7,10-11,14,17H2,1-3H3,(H,31,32)(H,33,41)(H,38,39)(H,42,43);/q;+1/p-1/b21-12-,22-13-;. The van der Waals surface area contributed by atoms with Gasteiger partial charge in [0.2, 0.25) is 12.7 Å². The van der Waals surface area contributed by atoms with Crippen molar-refractivity contribution >= 4 is 30.1 Å². The van der Waals surface area contributed by atoms with Gasteiger partial charge in [-0.2, -0.15) is 0 Å². The van der Waals surface area contributed by atoms with Crippen LogP contribution in [-0.4, -0.2) is 64.7 Å². The van der Waals surface area contributed by atoms with Crippen molar-refractivity contribution in [2.45, 2.75) is 57.9 Å². The number of H-pyrrole nitrogens is 2. The molecule has 0 saturated carbocycles. The normalized spacial score (nSPS) is 12.8. The Labute approximate surface area is 284 Å². The topological polar surface area (TPSA) is 218 Å². The summed E-state index contributed by atoms with van der Waals surface area (Å²) in [5.74, 6) is -3.49. The molecule has 16 heteroatoms. The van der Waals surface area contributed by atoms with Crippen molar-refractivity contribution in [1.29, 1.82) is 0 Å². The number of nitrogens with one attached hydrogen (secondary N) is 2. The van der Waals surface area contributed by atoms with Crippen LogP contribution in [0.3, 0.4) is 0 Å². The maximum Gasteiger partial charge on any atom is 1.00 e. The smallest absolute Gasteiger partial charge is 0.548 e. The van der Waals surface area contributed by atoms with Gasteiger partial charge in [0.15, 0.2) is 0 Å². The van der Waals surface area contributed by atoms with E-state index in [-0.39, 0.29) is 70.8 Å². The van der Waals surface area contributed by atoms with E-state index in [0.717, 1.165) is 15.9 Å². The number of carbonyl (C=O) groups is 3. The van der Waals surface area contributed by atoms with Gasteiger partial charge in [-0.15, -0.1) is 5.10 Å². The zero-order chi connectivity index (χ0) is 32.6. The maximum atomic E-state index is 12.9. The van der Waals surface area contributed by atoms with E-state index in [4.69, 9.17) is 14.6 Å². The molecule has 0 fully saturated rings. The van der Waals surface area contributed by atoms with Gasteiger partial charge in [0, 0.05) is 23.7 Å². The first-order valence-corrected chi connectivity index (χ1v) is 13.9. The van der Waals surface area contributed by atoms with Crippen LogP contribution < -0.4 is 55.7 Å². The molecule has 3 heterocycles. The van der Waals surface area contributed by atoms with Gasteiger partial charge in [0.25, 0.3) is 5.56 Å². The molecule has 4 aromatic rings. The Hall–Kier alpha value is -4.60. The Morgan fingerprint density at radius 1 is 1.15 bits per heavy atom. The number of carbonyl (C=O) groups excluding carboxylic acids is 2. The molecule has 15 nitrogen and oxygen atoms in total. The van der Waals surface area contributed by atoms with Gasteiger partial charge in [-0.25, -0.2) is 14.6 Å². The zero-order valence-corrected chi connectivity index (χ0v) is 27.9. The molecule has 4 rings (SSSR count). The molecular formula is C30H32N7NaO8. The van der Waals surface area contributed by atoms with Crippen LogP contribution in [0.15, 0.2) is 47.7 Å². The van der Waals surface area contributed by atoms with Gasteiger partial charge in [0.05, 0.1) is 30.1 Å². The van der Waals surface area contributed by atoms with Crippen molar-refractivity contribution in [1.82, 2.24) is 34.9 Å². The van der Waals surface area contributed by atoms with Gasteiger partial charge in [0.1, 0.15) is 16.7 Å². The van der Waals surface area contributed by atoms with E-state index < -0.39 is 42.7 Å². The maximum absolute atomic E-state index is 12.9. The summed E-state index contributed by atoms with van der Waals surface area (Å²) >= 11 is 0. The number of aromatic amines is 2.